The summed E-state index contributed by atoms with van der Waals surface area (Å²) < 4.78 is 83.0. The number of carbonyl (C=O) groups is 1. The van der Waals surface area contributed by atoms with Crippen molar-refractivity contribution in [3.63, 3.8) is 0 Å². The summed E-state index contributed by atoms with van der Waals surface area (Å²) in [5, 5.41) is 10.5. The van der Waals surface area contributed by atoms with Crippen LogP contribution in [0.4, 0.5) is 26.3 Å². The highest BCUT2D eigenvalue weighted by Gasteiger charge is 2.34. The molecule has 0 fully saturated rings. The second-order valence-corrected chi connectivity index (χ2v) is 8.17. The molecule has 0 unspecified atom stereocenters. The zero-order chi connectivity index (χ0) is 25.8. The van der Waals surface area contributed by atoms with Crippen LogP contribution in [0.3, 0.4) is 0 Å². The molecule has 2 aromatic rings. The van der Waals surface area contributed by atoms with Gasteiger partial charge in [-0.25, -0.2) is 0 Å². The van der Waals surface area contributed by atoms with Gasteiger partial charge in [0.05, 0.1) is 11.1 Å². The van der Waals surface area contributed by atoms with E-state index in [4.69, 9.17) is 4.74 Å². The van der Waals surface area contributed by atoms with E-state index in [0.717, 1.165) is 23.8 Å². The molecule has 0 amide bonds. The van der Waals surface area contributed by atoms with Crippen LogP contribution >= 0.6 is 0 Å². The van der Waals surface area contributed by atoms with Crippen LogP contribution in [0.25, 0.3) is 5.76 Å². The number of ether oxygens (including phenoxy) is 1. The van der Waals surface area contributed by atoms with Gasteiger partial charge in [-0.05, 0) is 55.2 Å². The second kappa shape index (κ2) is 10.4. The van der Waals surface area contributed by atoms with E-state index >= 15 is 0 Å². The molecule has 1 aliphatic rings. The van der Waals surface area contributed by atoms with Gasteiger partial charge in [0, 0.05) is 17.6 Å². The first-order valence-electron chi connectivity index (χ1n) is 10.6. The quantitative estimate of drug-likeness (QED) is 0.188. The smallest absolute Gasteiger partial charge is 0.416 e. The summed E-state index contributed by atoms with van der Waals surface area (Å²) in [6.45, 7) is 1.54. The highest BCUT2D eigenvalue weighted by Crippen LogP contribution is 2.37. The largest absolute Gasteiger partial charge is 0.507 e. The van der Waals surface area contributed by atoms with Gasteiger partial charge in [0.15, 0.2) is 0 Å². The molecular formula is C26H22F6O3. The highest BCUT2D eigenvalue weighted by atomic mass is 19.4. The Bertz CT molecular complexity index is 1170. The summed E-state index contributed by atoms with van der Waals surface area (Å²) >= 11 is 0. The first kappa shape index (κ1) is 26.1. The van der Waals surface area contributed by atoms with Gasteiger partial charge in [-0.15, -0.1) is 0 Å². The van der Waals surface area contributed by atoms with E-state index in [0.29, 0.717) is 17.4 Å². The number of alkyl halides is 6. The minimum Gasteiger partial charge on any atom is -0.507 e. The van der Waals surface area contributed by atoms with Crippen molar-refractivity contribution in [2.45, 2.75) is 45.1 Å². The minimum atomic E-state index is -4.49. The molecule has 0 bridgehead atoms. The summed E-state index contributed by atoms with van der Waals surface area (Å²) in [5.74, 6) is -0.174. The van der Waals surface area contributed by atoms with Crippen molar-refractivity contribution in [3.05, 3.63) is 93.6 Å². The van der Waals surface area contributed by atoms with Crippen molar-refractivity contribution in [1.29, 1.82) is 0 Å². The number of halogens is 6. The molecule has 0 saturated carbocycles. The highest BCUT2D eigenvalue weighted by molar-refractivity contribution is 5.87. The molecule has 2 aromatic carbocycles. The third-order valence-electron chi connectivity index (χ3n) is 5.51. The molecule has 3 nitrogen and oxygen atoms in total. The predicted octanol–water partition coefficient (Wildman–Crippen LogP) is 7.45. The first-order valence-corrected chi connectivity index (χ1v) is 10.6. The monoisotopic (exact) mass is 496 g/mol. The average molecular weight is 496 g/mol. The van der Waals surface area contributed by atoms with Gasteiger partial charge in [0.25, 0.3) is 0 Å². The number of rotatable bonds is 7. The van der Waals surface area contributed by atoms with Gasteiger partial charge in [0.2, 0.25) is 0 Å². The number of hydrogen-bond acceptors (Lipinski definition) is 3. The molecule has 3 rings (SSSR count). The van der Waals surface area contributed by atoms with Crippen LogP contribution < -0.4 is 0 Å². The molecule has 186 valence electrons. The number of carbonyl (C=O) groups excluding carboxylic acids is 1. The van der Waals surface area contributed by atoms with Crippen LogP contribution in [0.1, 0.15) is 41.5 Å². The third kappa shape index (κ3) is 6.77. The van der Waals surface area contributed by atoms with Crippen LogP contribution in [-0.4, -0.2) is 17.6 Å². The normalized spacial score (nSPS) is 15.2. The Morgan fingerprint density at radius 2 is 1.66 bits per heavy atom. The van der Waals surface area contributed by atoms with Gasteiger partial charge >= 0.3 is 12.4 Å². The molecule has 1 aliphatic carbocycles. The maximum atomic E-state index is 12.9. The number of allylic oxidation sites excluding steroid dienone is 5. The number of phenols is 1. The molecule has 0 heterocycles. The van der Waals surface area contributed by atoms with E-state index in [-0.39, 0.29) is 48.5 Å². The van der Waals surface area contributed by atoms with Gasteiger partial charge in [0.1, 0.15) is 24.4 Å². The molecular weight excluding hydrogens is 474 g/mol. The lowest BCUT2D eigenvalue weighted by atomic mass is 9.92. The van der Waals surface area contributed by atoms with Crippen molar-refractivity contribution < 1.29 is 41.0 Å². The zero-order valence-corrected chi connectivity index (χ0v) is 18.6. The summed E-state index contributed by atoms with van der Waals surface area (Å²) in [6, 6.07) is 8.96. The molecule has 0 radical (unpaired) electrons. The Kier molecular flexibility index (Phi) is 7.77. The molecule has 0 spiro atoms. The second-order valence-electron chi connectivity index (χ2n) is 8.17. The topological polar surface area (TPSA) is 46.5 Å². The maximum absolute atomic E-state index is 12.9. The Labute approximate surface area is 198 Å². The lowest BCUT2D eigenvalue weighted by Crippen LogP contribution is -2.14. The van der Waals surface area contributed by atoms with Gasteiger partial charge < -0.3 is 9.84 Å². The van der Waals surface area contributed by atoms with Crippen molar-refractivity contribution >= 4 is 12.0 Å². The number of benzene rings is 2. The number of aryl methyl sites for hydroxylation is 1. The van der Waals surface area contributed by atoms with E-state index in [1.165, 1.54) is 30.3 Å². The van der Waals surface area contributed by atoms with E-state index in [2.05, 4.69) is 0 Å². The Morgan fingerprint density at radius 3 is 2.17 bits per heavy atom. The molecule has 0 aliphatic heterocycles. The Hall–Kier alpha value is -3.49. The van der Waals surface area contributed by atoms with Crippen molar-refractivity contribution in [3.8, 4) is 5.75 Å². The summed E-state index contributed by atoms with van der Waals surface area (Å²) in [7, 11) is 0. The molecule has 0 aromatic heterocycles. The zero-order valence-electron chi connectivity index (χ0n) is 18.6. The van der Waals surface area contributed by atoms with Crippen LogP contribution in [-0.2, 0) is 22.3 Å². The standard InChI is InChI=1S/C26H22F6O3/c1-16-2-11-22(23(34)12-16)24(35-15-18-5-9-21(10-6-18)26(30,31)32)19(14-33)13-17-3-7-20(8-4-17)25(27,28)29/h2-3,5-7,9-12,14,34H,4,8,13,15H2,1H3/b24-19+. The summed E-state index contributed by atoms with van der Waals surface area (Å²) in [4.78, 5) is 12.0. The molecule has 0 saturated heterocycles. The van der Waals surface area contributed by atoms with Crippen LogP contribution in [0, 0.1) is 6.92 Å². The van der Waals surface area contributed by atoms with Crippen LogP contribution in [0.15, 0.2) is 71.3 Å². The Morgan fingerprint density at radius 1 is 0.971 bits per heavy atom. The number of phenolic OH excluding ortho intramolecular Hbond substituents is 1. The maximum Gasteiger partial charge on any atom is 0.416 e. The number of aromatic hydroxyl groups is 1. The van der Waals surface area contributed by atoms with Gasteiger partial charge in [-0.3, -0.25) is 4.79 Å². The van der Waals surface area contributed by atoms with Crippen LogP contribution in [0.5, 0.6) is 5.75 Å². The molecule has 0 atom stereocenters. The van der Waals surface area contributed by atoms with Crippen molar-refractivity contribution in [1.82, 2.24) is 0 Å². The van der Waals surface area contributed by atoms with Crippen LogP contribution in [0.2, 0.25) is 0 Å². The number of aldehydes is 1. The predicted molar refractivity (Wildman–Crippen MR) is 118 cm³/mol. The number of hydrogen-bond donors (Lipinski definition) is 1. The van der Waals surface area contributed by atoms with E-state index < -0.39 is 23.5 Å². The van der Waals surface area contributed by atoms with Gasteiger partial charge in [-0.2, -0.15) is 26.3 Å². The average Bonchev–Trinajstić information content (AvgIpc) is 2.78. The summed E-state index contributed by atoms with van der Waals surface area (Å²) in [5.41, 5.74) is 0.494. The van der Waals surface area contributed by atoms with Crippen molar-refractivity contribution in [2.24, 2.45) is 0 Å². The fourth-order valence-electron chi connectivity index (χ4n) is 3.61. The lowest BCUT2D eigenvalue weighted by Gasteiger charge is -2.19. The fourth-order valence-corrected chi connectivity index (χ4v) is 3.61. The van der Waals surface area contributed by atoms with E-state index in [1.54, 1.807) is 13.0 Å². The van der Waals surface area contributed by atoms with Gasteiger partial charge in [-0.1, -0.05) is 35.9 Å². The van der Waals surface area contributed by atoms with E-state index in [9.17, 15) is 36.2 Å². The SMILES string of the molecule is Cc1ccc(/C(OCc2ccc(C(F)(F)F)cc2)=C(\C=O)CC2=CC=C(C(F)(F)F)CC2)c(O)c1. The minimum absolute atomic E-state index is 0.00361. The van der Waals surface area contributed by atoms with Crippen molar-refractivity contribution in [2.75, 3.05) is 0 Å². The molecule has 1 N–H and O–H groups in total. The molecule has 9 heteroatoms. The Balaban J connectivity index is 1.93. The summed E-state index contributed by atoms with van der Waals surface area (Å²) in [6.07, 6.45) is -6.25. The molecule has 35 heavy (non-hydrogen) atoms. The van der Waals surface area contributed by atoms with E-state index in [1.807, 2.05) is 0 Å². The lowest BCUT2D eigenvalue weighted by molar-refractivity contribution is -0.137. The fraction of sp³-hybridized carbons (Fsp3) is 0.269. The first-order chi connectivity index (χ1) is 16.4. The third-order valence-corrected chi connectivity index (χ3v) is 5.51.